The number of fused-ring (bicyclic) bond motifs is 1. The molecular formula is C15H15N5OS. The van der Waals surface area contributed by atoms with Gasteiger partial charge in [-0.25, -0.2) is 14.8 Å². The van der Waals surface area contributed by atoms with Crippen LogP contribution in [0.5, 0.6) is 0 Å². The third-order valence-electron chi connectivity index (χ3n) is 2.98. The average Bonchev–Trinajstić information content (AvgIpc) is 2.88. The van der Waals surface area contributed by atoms with Crippen LogP contribution >= 0.6 is 11.3 Å². The Morgan fingerprint density at radius 2 is 2.14 bits per heavy atom. The SMILES string of the molecule is CCNC(=O)Nc1nc2ccc(-c3cncc(C)c3)nc2s1. The van der Waals surface area contributed by atoms with Crippen molar-refractivity contribution in [3.8, 4) is 11.3 Å². The number of carbonyl (C=O) groups is 1. The van der Waals surface area contributed by atoms with Gasteiger partial charge in [0.25, 0.3) is 0 Å². The molecule has 112 valence electrons. The molecule has 2 amide bonds. The van der Waals surface area contributed by atoms with Gasteiger partial charge in [0, 0.05) is 24.5 Å². The lowest BCUT2D eigenvalue weighted by Gasteiger charge is -2.00. The lowest BCUT2D eigenvalue weighted by atomic mass is 10.1. The molecular weight excluding hydrogens is 298 g/mol. The molecule has 0 aromatic carbocycles. The number of hydrogen-bond donors (Lipinski definition) is 2. The number of anilines is 1. The largest absolute Gasteiger partial charge is 0.338 e. The van der Waals surface area contributed by atoms with Crippen molar-refractivity contribution < 1.29 is 4.79 Å². The normalized spacial score (nSPS) is 10.6. The number of urea groups is 1. The van der Waals surface area contributed by atoms with Gasteiger partial charge in [0.2, 0.25) is 0 Å². The molecule has 3 heterocycles. The lowest BCUT2D eigenvalue weighted by molar-refractivity contribution is 0.252. The maximum atomic E-state index is 11.5. The highest BCUT2D eigenvalue weighted by molar-refractivity contribution is 7.21. The Labute approximate surface area is 131 Å². The topological polar surface area (TPSA) is 79.8 Å². The minimum absolute atomic E-state index is 0.260. The first-order valence-electron chi connectivity index (χ1n) is 6.90. The number of nitrogens with one attached hydrogen (secondary N) is 2. The zero-order valence-corrected chi connectivity index (χ0v) is 13.1. The van der Waals surface area contributed by atoms with E-state index >= 15 is 0 Å². The highest BCUT2D eigenvalue weighted by atomic mass is 32.1. The zero-order valence-electron chi connectivity index (χ0n) is 12.3. The van der Waals surface area contributed by atoms with Crippen LogP contribution in [0.3, 0.4) is 0 Å². The molecule has 0 fully saturated rings. The van der Waals surface area contributed by atoms with Crippen molar-refractivity contribution in [2.75, 3.05) is 11.9 Å². The maximum absolute atomic E-state index is 11.5. The molecule has 0 aliphatic heterocycles. The van der Waals surface area contributed by atoms with Crippen LogP contribution in [-0.4, -0.2) is 27.5 Å². The monoisotopic (exact) mass is 313 g/mol. The fourth-order valence-electron chi connectivity index (χ4n) is 2.03. The Kier molecular flexibility index (Phi) is 3.97. The van der Waals surface area contributed by atoms with Gasteiger partial charge in [-0.15, -0.1) is 0 Å². The number of aryl methyl sites for hydroxylation is 1. The van der Waals surface area contributed by atoms with Gasteiger partial charge in [-0.05, 0) is 37.6 Å². The van der Waals surface area contributed by atoms with E-state index in [2.05, 4.69) is 25.6 Å². The molecule has 6 nitrogen and oxygen atoms in total. The van der Waals surface area contributed by atoms with Gasteiger partial charge in [-0.1, -0.05) is 11.3 Å². The number of rotatable bonds is 3. The van der Waals surface area contributed by atoms with Crippen molar-refractivity contribution in [2.24, 2.45) is 0 Å². The van der Waals surface area contributed by atoms with Crippen LogP contribution < -0.4 is 10.6 Å². The number of carbonyl (C=O) groups excluding carboxylic acids is 1. The average molecular weight is 313 g/mol. The van der Waals surface area contributed by atoms with Gasteiger partial charge in [0.05, 0.1) is 5.69 Å². The molecule has 3 rings (SSSR count). The Balaban J connectivity index is 1.91. The summed E-state index contributed by atoms with van der Waals surface area (Å²) in [6.07, 6.45) is 3.60. The van der Waals surface area contributed by atoms with E-state index in [1.807, 2.05) is 38.2 Å². The fraction of sp³-hybridized carbons (Fsp3) is 0.200. The van der Waals surface area contributed by atoms with E-state index in [4.69, 9.17) is 0 Å². The molecule has 0 aliphatic rings. The van der Waals surface area contributed by atoms with Gasteiger partial charge in [0.1, 0.15) is 10.3 Å². The molecule has 0 atom stereocenters. The summed E-state index contributed by atoms with van der Waals surface area (Å²) in [5.74, 6) is 0. The minimum atomic E-state index is -0.260. The first-order valence-corrected chi connectivity index (χ1v) is 7.72. The highest BCUT2D eigenvalue weighted by Crippen LogP contribution is 2.27. The molecule has 2 N–H and O–H groups in total. The third-order valence-corrected chi connectivity index (χ3v) is 3.86. The van der Waals surface area contributed by atoms with Crippen LogP contribution in [0, 0.1) is 6.92 Å². The molecule has 0 saturated carbocycles. The first-order chi connectivity index (χ1) is 10.7. The van der Waals surface area contributed by atoms with E-state index in [0.29, 0.717) is 11.7 Å². The van der Waals surface area contributed by atoms with Gasteiger partial charge in [-0.2, -0.15) is 0 Å². The van der Waals surface area contributed by atoms with Gasteiger partial charge in [0.15, 0.2) is 5.13 Å². The molecule has 7 heteroatoms. The van der Waals surface area contributed by atoms with Crippen LogP contribution in [-0.2, 0) is 0 Å². The Bertz CT molecular complexity index is 830. The third kappa shape index (κ3) is 3.04. The van der Waals surface area contributed by atoms with Crippen molar-refractivity contribution in [1.29, 1.82) is 0 Å². The summed E-state index contributed by atoms with van der Waals surface area (Å²) in [4.78, 5) is 25.5. The molecule has 3 aromatic rings. The molecule has 0 aliphatic carbocycles. The molecule has 0 spiro atoms. The van der Waals surface area contributed by atoms with Crippen LogP contribution in [0.4, 0.5) is 9.93 Å². The second-order valence-corrected chi connectivity index (χ2v) is 5.75. The second kappa shape index (κ2) is 6.07. The Morgan fingerprint density at radius 1 is 1.27 bits per heavy atom. The van der Waals surface area contributed by atoms with Gasteiger partial charge >= 0.3 is 6.03 Å². The summed E-state index contributed by atoms with van der Waals surface area (Å²) in [5, 5.41) is 5.91. The summed E-state index contributed by atoms with van der Waals surface area (Å²) in [5.41, 5.74) is 3.66. The highest BCUT2D eigenvalue weighted by Gasteiger charge is 2.09. The Morgan fingerprint density at radius 3 is 2.91 bits per heavy atom. The van der Waals surface area contributed by atoms with Gasteiger partial charge in [-0.3, -0.25) is 10.3 Å². The van der Waals surface area contributed by atoms with E-state index in [1.165, 1.54) is 11.3 Å². The van der Waals surface area contributed by atoms with Crippen molar-refractivity contribution >= 4 is 32.8 Å². The summed E-state index contributed by atoms with van der Waals surface area (Å²) >= 11 is 1.35. The smallest absolute Gasteiger partial charge is 0.321 e. The number of thiazole rings is 1. The van der Waals surface area contributed by atoms with Gasteiger partial charge < -0.3 is 5.32 Å². The van der Waals surface area contributed by atoms with E-state index in [9.17, 15) is 4.79 Å². The fourth-order valence-corrected chi connectivity index (χ4v) is 2.86. The van der Waals surface area contributed by atoms with Crippen molar-refractivity contribution in [3.63, 3.8) is 0 Å². The maximum Gasteiger partial charge on any atom is 0.321 e. The van der Waals surface area contributed by atoms with Crippen molar-refractivity contribution in [3.05, 3.63) is 36.2 Å². The number of aromatic nitrogens is 3. The molecule has 0 radical (unpaired) electrons. The van der Waals surface area contributed by atoms with Crippen LogP contribution in [0.1, 0.15) is 12.5 Å². The Hall–Kier alpha value is -2.54. The van der Waals surface area contributed by atoms with E-state index in [1.54, 1.807) is 6.20 Å². The molecule has 22 heavy (non-hydrogen) atoms. The van der Waals surface area contributed by atoms with Crippen LogP contribution in [0.25, 0.3) is 21.6 Å². The molecule has 0 bridgehead atoms. The van der Waals surface area contributed by atoms with Crippen molar-refractivity contribution in [1.82, 2.24) is 20.3 Å². The quantitative estimate of drug-likeness (QED) is 0.778. The number of pyridine rings is 2. The number of nitrogens with zero attached hydrogens (tertiary/aromatic N) is 3. The molecule has 0 saturated heterocycles. The van der Waals surface area contributed by atoms with E-state index < -0.39 is 0 Å². The number of amides is 2. The molecule has 0 unspecified atom stereocenters. The van der Waals surface area contributed by atoms with Crippen molar-refractivity contribution in [2.45, 2.75) is 13.8 Å². The summed E-state index contributed by atoms with van der Waals surface area (Å²) < 4.78 is 0. The lowest BCUT2D eigenvalue weighted by Crippen LogP contribution is -2.28. The second-order valence-electron chi connectivity index (χ2n) is 4.78. The van der Waals surface area contributed by atoms with E-state index in [0.717, 1.165) is 27.2 Å². The standard InChI is InChI=1S/C15H15N5OS/c1-3-17-14(21)20-15-19-12-5-4-11(18-13(12)22-15)10-6-9(2)7-16-8-10/h4-8H,3H2,1-2H3,(H2,17,19,20,21). The minimum Gasteiger partial charge on any atom is -0.338 e. The molecule has 3 aromatic heterocycles. The zero-order chi connectivity index (χ0) is 15.5. The summed E-state index contributed by atoms with van der Waals surface area (Å²) in [6, 6.07) is 5.59. The van der Waals surface area contributed by atoms with Crippen LogP contribution in [0.2, 0.25) is 0 Å². The van der Waals surface area contributed by atoms with Crippen LogP contribution in [0.15, 0.2) is 30.6 Å². The predicted octanol–water partition coefficient (Wildman–Crippen LogP) is 3.20. The predicted molar refractivity (Wildman–Crippen MR) is 88.1 cm³/mol. The number of hydrogen-bond acceptors (Lipinski definition) is 5. The summed E-state index contributed by atoms with van der Waals surface area (Å²) in [7, 11) is 0. The first kappa shape index (κ1) is 14.4. The van der Waals surface area contributed by atoms with E-state index in [-0.39, 0.29) is 6.03 Å². The summed E-state index contributed by atoms with van der Waals surface area (Å²) in [6.45, 7) is 4.43.